The summed E-state index contributed by atoms with van der Waals surface area (Å²) in [6.07, 6.45) is -1.16. The molecule has 4 aromatic rings. The molecule has 0 aliphatic rings. The molecule has 2 heterocycles. The molecule has 2 aromatic heterocycles. The largest absolute Gasteiger partial charge is 0.497 e. The van der Waals surface area contributed by atoms with E-state index in [0.717, 1.165) is 28.0 Å². The molecule has 0 aliphatic heterocycles. The number of amides is 1. The average molecular weight is 574 g/mol. The van der Waals surface area contributed by atoms with Crippen LogP contribution in [0.2, 0.25) is 0 Å². The molecule has 1 N–H and O–H groups in total. The van der Waals surface area contributed by atoms with E-state index in [2.05, 4.69) is 15.2 Å². The van der Waals surface area contributed by atoms with Gasteiger partial charge in [-0.2, -0.15) is 28.2 Å². The third-order valence-corrected chi connectivity index (χ3v) is 5.82. The molecule has 41 heavy (non-hydrogen) atoms. The van der Waals surface area contributed by atoms with Crippen LogP contribution in [0.15, 0.2) is 61.1 Å². The number of carbonyl (C=O) groups is 2. The number of hydrogen-bond acceptors (Lipinski definition) is 7. The predicted molar refractivity (Wildman–Crippen MR) is 137 cm³/mol. The zero-order valence-electron chi connectivity index (χ0n) is 21.9. The van der Waals surface area contributed by atoms with Crippen molar-refractivity contribution >= 4 is 17.6 Å². The van der Waals surface area contributed by atoms with Crippen molar-refractivity contribution in [2.75, 3.05) is 12.0 Å². The minimum absolute atomic E-state index is 0.0903. The predicted octanol–water partition coefficient (Wildman–Crippen LogP) is 5.43. The van der Waals surface area contributed by atoms with E-state index in [0.29, 0.717) is 11.8 Å². The lowest BCUT2D eigenvalue weighted by Crippen LogP contribution is -2.38. The Hall–Kier alpha value is -5.01. The maximum absolute atomic E-state index is 15.3. The van der Waals surface area contributed by atoms with Crippen LogP contribution in [0.3, 0.4) is 0 Å². The molecule has 0 saturated heterocycles. The summed E-state index contributed by atoms with van der Waals surface area (Å²) in [7, 11) is 1.45. The van der Waals surface area contributed by atoms with Crippen molar-refractivity contribution < 1.29 is 41.7 Å². The monoisotopic (exact) mass is 573 g/mol. The maximum atomic E-state index is 15.3. The third-order valence-electron chi connectivity index (χ3n) is 5.82. The van der Waals surface area contributed by atoms with Gasteiger partial charge in [0.2, 0.25) is 5.88 Å². The van der Waals surface area contributed by atoms with Crippen molar-refractivity contribution in [1.29, 1.82) is 0 Å². The van der Waals surface area contributed by atoms with Crippen molar-refractivity contribution in [3.8, 4) is 17.4 Å². The summed E-state index contributed by atoms with van der Waals surface area (Å²) in [4.78, 5) is 31.4. The third kappa shape index (κ3) is 6.42. The highest BCUT2D eigenvalue weighted by Crippen LogP contribution is 2.39. The number of carboxylic acids is 1. The second-order valence-electron chi connectivity index (χ2n) is 8.96. The minimum atomic E-state index is -4.94. The summed E-state index contributed by atoms with van der Waals surface area (Å²) < 4.78 is 67.2. The van der Waals surface area contributed by atoms with Crippen LogP contribution in [0.1, 0.15) is 45.7 Å². The fourth-order valence-electron chi connectivity index (χ4n) is 3.95. The molecule has 2 aromatic carbocycles. The van der Waals surface area contributed by atoms with Gasteiger partial charge in [0.25, 0.3) is 5.91 Å². The standard InChI is InChI=1S/C27H23F4N5O5/c1-15(2)36(25(37)17-4-6-18(40-3)7-5-17)22-12-21(28)23(11-19(22)26(38)39)41-24-20(27(29,30)31)10-16(13-32-24)14-35-33-8-9-34-35/h4-13,15H,14H2,1-3H3,(H,38,39). The summed E-state index contributed by atoms with van der Waals surface area (Å²) in [5, 5.41) is 17.6. The van der Waals surface area contributed by atoms with Gasteiger partial charge in [-0.1, -0.05) is 0 Å². The number of halogens is 4. The summed E-state index contributed by atoms with van der Waals surface area (Å²) in [6, 6.07) is 7.54. The second kappa shape index (κ2) is 11.6. The average Bonchev–Trinajstić information content (AvgIpc) is 3.43. The molecule has 214 valence electrons. The fraction of sp³-hybridized carbons (Fsp3) is 0.222. The fourth-order valence-corrected chi connectivity index (χ4v) is 3.95. The summed E-state index contributed by atoms with van der Waals surface area (Å²) in [5.41, 5.74) is -1.95. The van der Waals surface area contributed by atoms with Gasteiger partial charge < -0.3 is 19.5 Å². The van der Waals surface area contributed by atoms with Gasteiger partial charge >= 0.3 is 12.1 Å². The Morgan fingerprint density at radius 1 is 1.07 bits per heavy atom. The maximum Gasteiger partial charge on any atom is 0.421 e. The first kappa shape index (κ1) is 29.0. The minimum Gasteiger partial charge on any atom is -0.497 e. The van der Waals surface area contributed by atoms with Gasteiger partial charge in [0.15, 0.2) is 11.6 Å². The molecular formula is C27H23F4N5O5. The lowest BCUT2D eigenvalue weighted by Gasteiger charge is -2.28. The van der Waals surface area contributed by atoms with E-state index in [1.54, 1.807) is 13.8 Å². The number of rotatable bonds is 9. The van der Waals surface area contributed by atoms with Crippen LogP contribution >= 0.6 is 0 Å². The molecule has 0 saturated carbocycles. The van der Waals surface area contributed by atoms with Crippen LogP contribution in [0, 0.1) is 5.82 Å². The first-order chi connectivity index (χ1) is 19.4. The van der Waals surface area contributed by atoms with E-state index in [4.69, 9.17) is 9.47 Å². The summed E-state index contributed by atoms with van der Waals surface area (Å²) >= 11 is 0. The molecule has 0 spiro atoms. The molecule has 1 amide bonds. The molecule has 0 radical (unpaired) electrons. The number of nitrogens with zero attached hydrogens (tertiary/aromatic N) is 5. The summed E-state index contributed by atoms with van der Waals surface area (Å²) in [6.45, 7) is 3.06. The van der Waals surface area contributed by atoms with Gasteiger partial charge in [0.05, 0.1) is 37.3 Å². The lowest BCUT2D eigenvalue weighted by atomic mass is 10.1. The Kier molecular flexibility index (Phi) is 8.21. The molecule has 4 rings (SSSR count). The molecular weight excluding hydrogens is 550 g/mol. The number of hydrogen-bond donors (Lipinski definition) is 1. The van der Waals surface area contributed by atoms with E-state index >= 15 is 4.39 Å². The number of alkyl halides is 3. The molecule has 14 heteroatoms. The van der Waals surface area contributed by atoms with Crippen LogP contribution in [-0.4, -0.2) is 50.1 Å². The Morgan fingerprint density at radius 3 is 2.29 bits per heavy atom. The molecule has 0 bridgehead atoms. The number of carbonyl (C=O) groups excluding carboxylic acids is 1. The van der Waals surface area contributed by atoms with E-state index in [1.807, 2.05) is 0 Å². The van der Waals surface area contributed by atoms with Crippen molar-refractivity contribution in [2.24, 2.45) is 0 Å². The number of aromatic carboxylic acids is 1. The van der Waals surface area contributed by atoms with Crippen LogP contribution in [0.4, 0.5) is 23.2 Å². The zero-order chi connectivity index (χ0) is 29.9. The van der Waals surface area contributed by atoms with Gasteiger partial charge in [-0.05, 0) is 49.7 Å². The van der Waals surface area contributed by atoms with Crippen LogP contribution in [0.5, 0.6) is 17.4 Å². The molecule has 10 nitrogen and oxygen atoms in total. The summed E-state index contributed by atoms with van der Waals surface area (Å²) in [5.74, 6) is -4.75. The Bertz CT molecular complexity index is 1560. The van der Waals surface area contributed by atoms with Gasteiger partial charge in [-0.25, -0.2) is 14.2 Å². The van der Waals surface area contributed by atoms with E-state index in [-0.39, 0.29) is 23.4 Å². The van der Waals surface area contributed by atoms with E-state index in [9.17, 15) is 27.9 Å². The Morgan fingerprint density at radius 2 is 1.73 bits per heavy atom. The van der Waals surface area contributed by atoms with Crippen molar-refractivity contribution in [1.82, 2.24) is 20.0 Å². The SMILES string of the molecule is COc1ccc(C(=O)N(c2cc(F)c(Oc3ncc(Cn4nccn4)cc3C(F)(F)F)cc2C(=O)O)C(C)C)cc1. The van der Waals surface area contributed by atoms with E-state index < -0.39 is 52.7 Å². The Labute approximate surface area is 230 Å². The number of anilines is 1. The van der Waals surface area contributed by atoms with Crippen molar-refractivity contribution in [2.45, 2.75) is 32.6 Å². The number of carboxylic acid groups (broad SMARTS) is 1. The van der Waals surface area contributed by atoms with Gasteiger partial charge in [0, 0.05) is 29.9 Å². The first-order valence-corrected chi connectivity index (χ1v) is 12.0. The van der Waals surface area contributed by atoms with Gasteiger partial charge in [-0.3, -0.25) is 4.79 Å². The van der Waals surface area contributed by atoms with Gasteiger partial charge in [-0.15, -0.1) is 0 Å². The highest BCUT2D eigenvalue weighted by molar-refractivity contribution is 6.10. The van der Waals surface area contributed by atoms with Crippen LogP contribution < -0.4 is 14.4 Å². The number of ether oxygens (including phenoxy) is 2. The molecule has 0 atom stereocenters. The lowest BCUT2D eigenvalue weighted by molar-refractivity contribution is -0.139. The van der Waals surface area contributed by atoms with Gasteiger partial charge in [0.1, 0.15) is 11.3 Å². The van der Waals surface area contributed by atoms with E-state index in [1.165, 1.54) is 43.8 Å². The highest BCUT2D eigenvalue weighted by atomic mass is 19.4. The van der Waals surface area contributed by atoms with Crippen molar-refractivity contribution in [3.63, 3.8) is 0 Å². The van der Waals surface area contributed by atoms with Crippen LogP contribution in [0.25, 0.3) is 0 Å². The van der Waals surface area contributed by atoms with Crippen LogP contribution in [-0.2, 0) is 12.7 Å². The number of methoxy groups -OCH3 is 1. The normalized spacial score (nSPS) is 11.4. The topological polar surface area (TPSA) is 120 Å². The smallest absolute Gasteiger partial charge is 0.421 e. The molecule has 0 unspecified atom stereocenters. The second-order valence-corrected chi connectivity index (χ2v) is 8.96. The zero-order valence-corrected chi connectivity index (χ0v) is 21.9. The first-order valence-electron chi connectivity index (χ1n) is 12.0. The molecule has 0 aliphatic carbocycles. The number of benzene rings is 2. The Balaban J connectivity index is 1.73. The highest BCUT2D eigenvalue weighted by Gasteiger charge is 2.37. The number of aromatic nitrogens is 4. The number of pyridine rings is 1. The van der Waals surface area contributed by atoms with Crippen molar-refractivity contribution in [3.05, 3.63) is 89.1 Å². The molecule has 0 fully saturated rings. The quantitative estimate of drug-likeness (QED) is 0.263.